The third kappa shape index (κ3) is 4.57. The average molecular weight is 339 g/mol. The Morgan fingerprint density at radius 3 is 2.93 bits per heavy atom. The smallest absolute Gasteiger partial charge is 0.302 e. The molecule has 0 aliphatic rings. The number of ether oxygens (including phenoxy) is 1. The molecule has 0 saturated carbocycles. The molecule has 0 unspecified atom stereocenters. The van der Waals surface area contributed by atoms with Crippen LogP contribution in [-0.4, -0.2) is 29.1 Å². The van der Waals surface area contributed by atoms with E-state index in [2.05, 4.69) is 47.1 Å². The summed E-state index contributed by atoms with van der Waals surface area (Å²) in [4.78, 5) is 18.6. The SMILES string of the molecule is CC(=O)OCCNc1ncc(Br)nc1Br. The van der Waals surface area contributed by atoms with Crippen molar-refractivity contribution in [2.24, 2.45) is 0 Å². The van der Waals surface area contributed by atoms with Crippen LogP contribution >= 0.6 is 31.9 Å². The number of nitrogens with one attached hydrogen (secondary N) is 1. The highest BCUT2D eigenvalue weighted by atomic mass is 79.9. The molecule has 0 spiro atoms. The van der Waals surface area contributed by atoms with E-state index < -0.39 is 0 Å². The summed E-state index contributed by atoms with van der Waals surface area (Å²) < 4.78 is 6.02. The van der Waals surface area contributed by atoms with Crippen molar-refractivity contribution < 1.29 is 9.53 Å². The lowest BCUT2D eigenvalue weighted by Gasteiger charge is -2.06. The predicted molar refractivity (Wildman–Crippen MR) is 62.6 cm³/mol. The van der Waals surface area contributed by atoms with Gasteiger partial charge in [0.05, 0.1) is 12.7 Å². The lowest BCUT2D eigenvalue weighted by Crippen LogP contribution is -2.13. The molecule has 0 amide bonds. The van der Waals surface area contributed by atoms with Gasteiger partial charge in [-0.25, -0.2) is 9.97 Å². The highest BCUT2D eigenvalue weighted by Gasteiger charge is 2.02. The van der Waals surface area contributed by atoms with E-state index in [1.54, 1.807) is 6.20 Å². The van der Waals surface area contributed by atoms with E-state index in [4.69, 9.17) is 4.74 Å². The zero-order chi connectivity index (χ0) is 11.3. The number of carbonyl (C=O) groups is 1. The van der Waals surface area contributed by atoms with Crippen LogP contribution in [-0.2, 0) is 9.53 Å². The Kier molecular flexibility index (Phi) is 4.97. The minimum atomic E-state index is -0.294. The zero-order valence-corrected chi connectivity index (χ0v) is 11.1. The van der Waals surface area contributed by atoms with Gasteiger partial charge in [-0.3, -0.25) is 4.79 Å². The maximum absolute atomic E-state index is 10.5. The van der Waals surface area contributed by atoms with Gasteiger partial charge in [0.1, 0.15) is 15.8 Å². The predicted octanol–water partition coefficient (Wildman–Crippen LogP) is 1.98. The second-order valence-electron chi connectivity index (χ2n) is 2.60. The minimum Gasteiger partial charge on any atom is -0.464 e. The van der Waals surface area contributed by atoms with Gasteiger partial charge in [-0.05, 0) is 31.9 Å². The zero-order valence-electron chi connectivity index (χ0n) is 7.96. The summed E-state index contributed by atoms with van der Waals surface area (Å²) in [6, 6.07) is 0. The maximum atomic E-state index is 10.5. The molecule has 1 N–H and O–H groups in total. The summed E-state index contributed by atoms with van der Waals surface area (Å²) in [6.07, 6.45) is 1.58. The number of anilines is 1. The standard InChI is InChI=1S/C8H9Br2N3O2/c1-5(14)15-3-2-11-8-7(10)13-6(9)4-12-8/h4H,2-3H2,1H3,(H,11,12). The number of carbonyl (C=O) groups excluding carboxylic acids is 1. The van der Waals surface area contributed by atoms with Gasteiger partial charge in [-0.15, -0.1) is 0 Å². The normalized spacial score (nSPS) is 9.80. The molecule has 0 fully saturated rings. The van der Waals surface area contributed by atoms with Crippen LogP contribution < -0.4 is 5.32 Å². The summed E-state index contributed by atoms with van der Waals surface area (Å²) in [6.45, 7) is 2.17. The van der Waals surface area contributed by atoms with E-state index in [1.165, 1.54) is 6.92 Å². The van der Waals surface area contributed by atoms with Gasteiger partial charge >= 0.3 is 5.97 Å². The quantitative estimate of drug-likeness (QED) is 0.671. The summed E-state index contributed by atoms with van der Waals surface area (Å²) in [5, 5.41) is 2.98. The molecule has 1 aromatic rings. The summed E-state index contributed by atoms with van der Waals surface area (Å²) in [5.41, 5.74) is 0. The molecule has 1 rings (SSSR count). The summed E-state index contributed by atoms with van der Waals surface area (Å²) >= 11 is 6.45. The van der Waals surface area contributed by atoms with Gasteiger partial charge in [0.25, 0.3) is 0 Å². The maximum Gasteiger partial charge on any atom is 0.302 e. The molecule has 82 valence electrons. The lowest BCUT2D eigenvalue weighted by atomic mass is 10.6. The monoisotopic (exact) mass is 337 g/mol. The molecule has 1 heterocycles. The molecule has 0 atom stereocenters. The van der Waals surface area contributed by atoms with Crippen molar-refractivity contribution in [1.82, 2.24) is 9.97 Å². The van der Waals surface area contributed by atoms with Crippen molar-refractivity contribution in [3.8, 4) is 0 Å². The largest absolute Gasteiger partial charge is 0.464 e. The molecule has 15 heavy (non-hydrogen) atoms. The highest BCUT2D eigenvalue weighted by molar-refractivity contribution is 9.11. The molecule has 0 aliphatic carbocycles. The number of esters is 1. The van der Waals surface area contributed by atoms with Crippen LogP contribution in [0, 0.1) is 0 Å². The fourth-order valence-electron chi connectivity index (χ4n) is 0.829. The Balaban J connectivity index is 2.40. The summed E-state index contributed by atoms with van der Waals surface area (Å²) in [5.74, 6) is 0.322. The molecule has 0 radical (unpaired) electrons. The van der Waals surface area contributed by atoms with Crippen molar-refractivity contribution in [3.05, 3.63) is 15.4 Å². The van der Waals surface area contributed by atoms with Crippen molar-refractivity contribution in [1.29, 1.82) is 0 Å². The Morgan fingerprint density at radius 2 is 2.33 bits per heavy atom. The second kappa shape index (κ2) is 6.02. The molecule has 0 bridgehead atoms. The minimum absolute atomic E-state index is 0.294. The Labute approximate surface area is 104 Å². The first-order valence-electron chi connectivity index (χ1n) is 4.15. The molecule has 7 heteroatoms. The van der Waals surface area contributed by atoms with Crippen molar-refractivity contribution >= 4 is 43.6 Å². The van der Waals surface area contributed by atoms with E-state index in [0.717, 1.165) is 0 Å². The van der Waals surface area contributed by atoms with Crippen LogP contribution in [0.15, 0.2) is 15.4 Å². The van der Waals surface area contributed by atoms with Gasteiger partial charge in [0.15, 0.2) is 5.82 Å². The third-order valence-electron chi connectivity index (χ3n) is 1.40. The third-order valence-corrected chi connectivity index (χ3v) is 2.34. The fraction of sp³-hybridized carbons (Fsp3) is 0.375. The number of nitrogens with zero attached hydrogens (tertiary/aromatic N) is 2. The molecular formula is C8H9Br2N3O2. The van der Waals surface area contributed by atoms with Crippen LogP contribution in [0.2, 0.25) is 0 Å². The van der Waals surface area contributed by atoms with Gasteiger partial charge in [-0.1, -0.05) is 0 Å². The van der Waals surface area contributed by atoms with Crippen LogP contribution in [0.25, 0.3) is 0 Å². The van der Waals surface area contributed by atoms with E-state index in [0.29, 0.717) is 28.2 Å². The van der Waals surface area contributed by atoms with E-state index >= 15 is 0 Å². The highest BCUT2D eigenvalue weighted by Crippen LogP contribution is 2.18. The van der Waals surface area contributed by atoms with Gasteiger partial charge in [-0.2, -0.15) is 0 Å². The topological polar surface area (TPSA) is 64.1 Å². The number of rotatable bonds is 4. The number of hydrogen-bond donors (Lipinski definition) is 1. The van der Waals surface area contributed by atoms with Crippen LogP contribution in [0.4, 0.5) is 5.82 Å². The van der Waals surface area contributed by atoms with Crippen molar-refractivity contribution in [3.63, 3.8) is 0 Å². The Hall–Kier alpha value is -0.690. The van der Waals surface area contributed by atoms with Crippen molar-refractivity contribution in [2.75, 3.05) is 18.5 Å². The first-order chi connectivity index (χ1) is 7.09. The van der Waals surface area contributed by atoms with E-state index in [1.807, 2.05) is 0 Å². The Morgan fingerprint density at radius 1 is 1.60 bits per heavy atom. The molecule has 0 aliphatic heterocycles. The molecule has 5 nitrogen and oxygen atoms in total. The molecule has 0 saturated heterocycles. The average Bonchev–Trinajstić information content (AvgIpc) is 2.14. The fourth-order valence-corrected chi connectivity index (χ4v) is 1.78. The van der Waals surface area contributed by atoms with Gasteiger partial charge in [0.2, 0.25) is 0 Å². The van der Waals surface area contributed by atoms with Crippen molar-refractivity contribution in [2.45, 2.75) is 6.92 Å². The number of halogens is 2. The van der Waals surface area contributed by atoms with Gasteiger partial charge in [0, 0.05) is 6.92 Å². The van der Waals surface area contributed by atoms with E-state index in [9.17, 15) is 4.79 Å². The molecule has 0 aromatic carbocycles. The van der Waals surface area contributed by atoms with Gasteiger partial charge < -0.3 is 10.1 Å². The van der Waals surface area contributed by atoms with E-state index in [-0.39, 0.29) is 5.97 Å². The summed E-state index contributed by atoms with van der Waals surface area (Å²) in [7, 11) is 0. The Bertz CT molecular complexity index is 360. The first kappa shape index (κ1) is 12.4. The number of hydrogen-bond acceptors (Lipinski definition) is 5. The van der Waals surface area contributed by atoms with Crippen LogP contribution in [0.3, 0.4) is 0 Å². The first-order valence-corrected chi connectivity index (χ1v) is 5.73. The molecule has 1 aromatic heterocycles. The second-order valence-corrected chi connectivity index (χ2v) is 4.16. The lowest BCUT2D eigenvalue weighted by molar-refractivity contribution is -0.140. The molecular weight excluding hydrogens is 330 g/mol. The van der Waals surface area contributed by atoms with Crippen LogP contribution in [0.5, 0.6) is 0 Å². The van der Waals surface area contributed by atoms with Crippen LogP contribution in [0.1, 0.15) is 6.92 Å². The number of aromatic nitrogens is 2.